The molecule has 0 radical (unpaired) electrons. The molecule has 0 fully saturated rings. The molecule has 0 aliphatic carbocycles. The molecule has 0 unspecified atom stereocenters. The number of rotatable bonds is 6. The van der Waals surface area contributed by atoms with Crippen LogP contribution in [0.25, 0.3) is 11.6 Å². The fourth-order valence-corrected chi connectivity index (χ4v) is 2.62. The molecular weight excluding hydrogens is 341 g/mol. The van der Waals surface area contributed by atoms with E-state index in [2.05, 4.69) is 6.58 Å². The third kappa shape index (κ3) is 4.81. The van der Waals surface area contributed by atoms with E-state index in [0.29, 0.717) is 27.7 Å². The number of hydrogen-bond donors (Lipinski definition) is 0. The number of carbonyl (C=O) groups excluding carboxylic acids is 1. The van der Waals surface area contributed by atoms with Crippen molar-refractivity contribution >= 4 is 40.6 Å². The molecule has 0 spiro atoms. The maximum absolute atomic E-state index is 12.9. The number of halogens is 2. The first-order valence-corrected chi connectivity index (χ1v) is 8.23. The quantitative estimate of drug-likeness (QED) is 0.520. The predicted octanol–water partition coefficient (Wildman–Crippen LogP) is 5.22. The highest BCUT2D eigenvalue weighted by molar-refractivity contribution is 6.42. The van der Waals surface area contributed by atoms with Gasteiger partial charge in [-0.05, 0) is 43.4 Å². The number of allylic oxidation sites excluding steroid dienone is 1. The third-order valence-corrected chi connectivity index (χ3v) is 4.15. The molecule has 0 N–H and O–H groups in total. The van der Waals surface area contributed by atoms with Gasteiger partial charge in [-0.1, -0.05) is 66.2 Å². The van der Waals surface area contributed by atoms with Gasteiger partial charge in [-0.15, -0.1) is 0 Å². The Morgan fingerprint density at radius 3 is 2.33 bits per heavy atom. The topological polar surface area (TPSA) is 20.3 Å². The van der Waals surface area contributed by atoms with E-state index in [4.69, 9.17) is 23.2 Å². The fourth-order valence-electron chi connectivity index (χ4n) is 2.31. The minimum Gasteiger partial charge on any atom is -0.305 e. The van der Waals surface area contributed by atoms with Gasteiger partial charge in [0.2, 0.25) is 0 Å². The van der Waals surface area contributed by atoms with Gasteiger partial charge in [0.1, 0.15) is 0 Å². The average molecular weight is 360 g/mol. The first kappa shape index (κ1) is 18.5. The Morgan fingerprint density at radius 2 is 1.75 bits per heavy atom. The highest BCUT2D eigenvalue weighted by atomic mass is 35.5. The van der Waals surface area contributed by atoms with Crippen molar-refractivity contribution in [1.82, 2.24) is 4.90 Å². The molecule has 2 rings (SSSR count). The first-order valence-electron chi connectivity index (χ1n) is 7.48. The van der Waals surface area contributed by atoms with Crippen LogP contribution >= 0.6 is 23.2 Å². The van der Waals surface area contributed by atoms with Crippen LogP contribution < -0.4 is 0 Å². The van der Waals surface area contributed by atoms with E-state index in [0.717, 1.165) is 11.1 Å². The van der Waals surface area contributed by atoms with Gasteiger partial charge in [0.25, 0.3) is 0 Å². The lowest BCUT2D eigenvalue weighted by atomic mass is 9.95. The van der Waals surface area contributed by atoms with E-state index in [9.17, 15) is 4.79 Å². The number of ketones is 1. The minimum absolute atomic E-state index is 0.0824. The molecule has 0 saturated carbocycles. The zero-order valence-corrected chi connectivity index (χ0v) is 15.2. The molecule has 24 heavy (non-hydrogen) atoms. The van der Waals surface area contributed by atoms with Gasteiger partial charge >= 0.3 is 0 Å². The highest BCUT2D eigenvalue weighted by Gasteiger charge is 2.16. The van der Waals surface area contributed by atoms with Crippen LogP contribution in [0.3, 0.4) is 0 Å². The Labute approximate surface area is 153 Å². The van der Waals surface area contributed by atoms with E-state index in [1.165, 1.54) is 0 Å². The molecule has 0 heterocycles. The lowest BCUT2D eigenvalue weighted by Crippen LogP contribution is -2.19. The summed E-state index contributed by atoms with van der Waals surface area (Å²) in [5.74, 6) is -0.0824. The number of benzene rings is 2. The second-order valence-corrected chi connectivity index (χ2v) is 6.58. The van der Waals surface area contributed by atoms with Crippen LogP contribution in [0.4, 0.5) is 0 Å². The minimum atomic E-state index is -0.0824. The van der Waals surface area contributed by atoms with Gasteiger partial charge in [0.15, 0.2) is 5.78 Å². The Hall–Kier alpha value is -1.87. The van der Waals surface area contributed by atoms with Crippen LogP contribution in [-0.4, -0.2) is 31.3 Å². The second kappa shape index (κ2) is 8.29. The van der Waals surface area contributed by atoms with Gasteiger partial charge < -0.3 is 4.90 Å². The molecule has 124 valence electrons. The Kier molecular flexibility index (Phi) is 6.38. The van der Waals surface area contributed by atoms with Crippen LogP contribution in [0.2, 0.25) is 10.0 Å². The molecule has 0 atom stereocenters. The summed E-state index contributed by atoms with van der Waals surface area (Å²) in [6, 6.07) is 14.8. The summed E-state index contributed by atoms with van der Waals surface area (Å²) in [5.41, 5.74) is 2.78. The molecule has 0 aliphatic rings. The van der Waals surface area contributed by atoms with Crippen molar-refractivity contribution < 1.29 is 4.79 Å². The van der Waals surface area contributed by atoms with Crippen molar-refractivity contribution in [2.75, 3.05) is 20.6 Å². The monoisotopic (exact) mass is 359 g/mol. The SMILES string of the molecule is C=C(CN(C)C)C(=O)/C(=C\c1ccc(Cl)c(Cl)c1)c1ccccc1. The Morgan fingerprint density at radius 1 is 1.08 bits per heavy atom. The average Bonchev–Trinajstić information content (AvgIpc) is 2.55. The molecule has 2 aromatic rings. The summed E-state index contributed by atoms with van der Waals surface area (Å²) in [4.78, 5) is 14.8. The van der Waals surface area contributed by atoms with Crippen LogP contribution in [0.5, 0.6) is 0 Å². The lowest BCUT2D eigenvalue weighted by molar-refractivity contribution is -0.110. The van der Waals surface area contributed by atoms with Gasteiger partial charge in [-0.3, -0.25) is 4.79 Å². The molecular formula is C20H19Cl2NO. The summed E-state index contributed by atoms with van der Waals surface area (Å²) < 4.78 is 0. The highest BCUT2D eigenvalue weighted by Crippen LogP contribution is 2.27. The standard InChI is InChI=1S/C20H19Cl2NO/c1-14(13-23(2)3)20(24)17(16-7-5-4-6-8-16)11-15-9-10-18(21)19(22)12-15/h4-12H,1,13H2,2-3H3/b17-11-. The largest absolute Gasteiger partial charge is 0.305 e. The summed E-state index contributed by atoms with van der Waals surface area (Å²) in [5, 5.41) is 0.941. The van der Waals surface area contributed by atoms with Crippen LogP contribution in [0, 0.1) is 0 Å². The normalized spacial score (nSPS) is 11.6. The molecule has 0 bridgehead atoms. The van der Waals surface area contributed by atoms with Gasteiger partial charge in [0, 0.05) is 17.7 Å². The maximum atomic E-state index is 12.9. The summed E-state index contributed by atoms with van der Waals surface area (Å²) in [7, 11) is 3.81. The second-order valence-electron chi connectivity index (χ2n) is 5.77. The van der Waals surface area contributed by atoms with Gasteiger partial charge in [-0.2, -0.15) is 0 Å². The van der Waals surface area contributed by atoms with Crippen molar-refractivity contribution in [3.05, 3.63) is 81.9 Å². The Balaban J connectivity index is 2.47. The van der Waals surface area contributed by atoms with Crippen LogP contribution in [-0.2, 0) is 4.79 Å². The predicted molar refractivity (Wildman–Crippen MR) is 103 cm³/mol. The first-order chi connectivity index (χ1) is 11.4. The Bertz CT molecular complexity index is 779. The summed E-state index contributed by atoms with van der Waals surface area (Å²) in [6.07, 6.45) is 1.82. The van der Waals surface area contributed by atoms with Gasteiger partial charge in [0.05, 0.1) is 10.0 Å². The number of likely N-dealkylation sites (N-methyl/N-ethyl adjacent to an activating group) is 1. The molecule has 0 aromatic heterocycles. The summed E-state index contributed by atoms with van der Waals surface area (Å²) >= 11 is 12.0. The molecule has 0 aliphatic heterocycles. The number of Topliss-reactive ketones (excluding diaryl/α,β-unsaturated/α-hetero) is 1. The summed E-state index contributed by atoms with van der Waals surface area (Å²) in [6.45, 7) is 4.44. The smallest absolute Gasteiger partial charge is 0.190 e. The van der Waals surface area contributed by atoms with E-state index in [-0.39, 0.29) is 5.78 Å². The number of carbonyl (C=O) groups is 1. The van der Waals surface area contributed by atoms with E-state index >= 15 is 0 Å². The maximum Gasteiger partial charge on any atom is 0.190 e. The molecule has 4 heteroatoms. The van der Waals surface area contributed by atoms with Gasteiger partial charge in [-0.25, -0.2) is 0 Å². The van der Waals surface area contributed by atoms with Crippen LogP contribution in [0.15, 0.2) is 60.7 Å². The number of nitrogens with zero attached hydrogens (tertiary/aromatic N) is 1. The van der Waals surface area contributed by atoms with Crippen molar-refractivity contribution in [3.63, 3.8) is 0 Å². The number of hydrogen-bond acceptors (Lipinski definition) is 2. The lowest BCUT2D eigenvalue weighted by Gasteiger charge is -2.14. The zero-order chi connectivity index (χ0) is 17.7. The van der Waals surface area contributed by atoms with Crippen LogP contribution in [0.1, 0.15) is 11.1 Å². The van der Waals surface area contributed by atoms with Crippen molar-refractivity contribution in [1.29, 1.82) is 0 Å². The van der Waals surface area contributed by atoms with Crippen molar-refractivity contribution in [2.24, 2.45) is 0 Å². The van der Waals surface area contributed by atoms with Crippen molar-refractivity contribution in [2.45, 2.75) is 0 Å². The molecule has 0 amide bonds. The molecule has 0 saturated heterocycles. The third-order valence-electron chi connectivity index (χ3n) is 3.41. The van der Waals surface area contributed by atoms with E-state index < -0.39 is 0 Å². The van der Waals surface area contributed by atoms with E-state index in [1.54, 1.807) is 12.1 Å². The van der Waals surface area contributed by atoms with Crippen molar-refractivity contribution in [3.8, 4) is 0 Å². The molecule has 2 aromatic carbocycles. The zero-order valence-electron chi connectivity index (χ0n) is 13.7. The molecule has 2 nitrogen and oxygen atoms in total. The fraction of sp³-hybridized carbons (Fsp3) is 0.150. The van der Waals surface area contributed by atoms with E-state index in [1.807, 2.05) is 61.5 Å².